The maximum Gasteiger partial charge on any atom is 0.152 e. The number of rotatable bonds is 1. The maximum atomic E-state index is 11.0. The van der Waals surface area contributed by atoms with Crippen molar-refractivity contribution >= 4 is 17.2 Å². The highest BCUT2D eigenvalue weighted by molar-refractivity contribution is 6.01. The molecule has 0 saturated heterocycles. The number of nitrogens with zero attached hydrogens (tertiary/aromatic N) is 1. The number of hydrogen-bond donors (Lipinski definition) is 1. The van der Waals surface area contributed by atoms with Crippen LogP contribution in [0.5, 0.6) is 5.75 Å². The lowest BCUT2D eigenvalue weighted by Crippen LogP contribution is -1.91. The molecule has 0 aliphatic heterocycles. The van der Waals surface area contributed by atoms with Crippen LogP contribution in [0.1, 0.15) is 21.6 Å². The summed E-state index contributed by atoms with van der Waals surface area (Å²) in [7, 11) is 1.85. The number of benzene rings is 1. The van der Waals surface area contributed by atoms with Crippen LogP contribution in [0.15, 0.2) is 12.1 Å². The molecule has 3 nitrogen and oxygen atoms in total. The Hall–Kier alpha value is -1.77. The van der Waals surface area contributed by atoms with Crippen LogP contribution in [0.4, 0.5) is 0 Å². The van der Waals surface area contributed by atoms with E-state index in [1.807, 2.05) is 31.5 Å². The van der Waals surface area contributed by atoms with Gasteiger partial charge in [-0.15, -0.1) is 0 Å². The molecule has 0 aliphatic rings. The highest BCUT2D eigenvalue weighted by Gasteiger charge is 2.14. The van der Waals surface area contributed by atoms with Crippen molar-refractivity contribution in [1.29, 1.82) is 0 Å². The smallest absolute Gasteiger partial charge is 0.152 e. The first kappa shape index (κ1) is 9.77. The zero-order valence-electron chi connectivity index (χ0n) is 9.03. The molecule has 0 atom stereocenters. The summed E-state index contributed by atoms with van der Waals surface area (Å²) in [6.45, 7) is 3.77. The van der Waals surface area contributed by atoms with Gasteiger partial charge in [0.15, 0.2) is 6.29 Å². The summed E-state index contributed by atoms with van der Waals surface area (Å²) in [4.78, 5) is 11.0. The zero-order valence-corrected chi connectivity index (χ0v) is 9.03. The Bertz CT molecular complexity index is 552. The summed E-state index contributed by atoms with van der Waals surface area (Å²) in [5.41, 5.74) is 3.21. The number of aldehydes is 1. The number of fused-ring (bicyclic) bond motifs is 1. The second kappa shape index (κ2) is 3.12. The molecule has 0 fully saturated rings. The van der Waals surface area contributed by atoms with E-state index in [4.69, 9.17) is 0 Å². The minimum Gasteiger partial charge on any atom is -0.506 e. The molecule has 3 heteroatoms. The van der Waals surface area contributed by atoms with Crippen molar-refractivity contribution < 1.29 is 9.90 Å². The van der Waals surface area contributed by atoms with Crippen LogP contribution in [0.3, 0.4) is 0 Å². The number of phenols is 1. The van der Waals surface area contributed by atoms with Gasteiger partial charge in [-0.3, -0.25) is 4.79 Å². The molecule has 15 heavy (non-hydrogen) atoms. The summed E-state index contributed by atoms with van der Waals surface area (Å²) in [5.74, 6) is 0.226. The molecule has 0 bridgehead atoms. The van der Waals surface area contributed by atoms with Gasteiger partial charge >= 0.3 is 0 Å². The molecule has 1 heterocycles. The first-order valence-electron chi connectivity index (χ1n) is 4.80. The van der Waals surface area contributed by atoms with Crippen LogP contribution < -0.4 is 0 Å². The second-order valence-electron chi connectivity index (χ2n) is 3.86. The van der Waals surface area contributed by atoms with Crippen molar-refractivity contribution in [1.82, 2.24) is 4.57 Å². The fourth-order valence-corrected chi connectivity index (χ4v) is 2.01. The van der Waals surface area contributed by atoms with Crippen molar-refractivity contribution in [2.24, 2.45) is 7.05 Å². The molecule has 2 rings (SSSR count). The first-order valence-corrected chi connectivity index (χ1v) is 4.80. The normalized spacial score (nSPS) is 10.9. The number of aromatic nitrogens is 1. The van der Waals surface area contributed by atoms with Crippen molar-refractivity contribution in [3.05, 3.63) is 29.0 Å². The Morgan fingerprint density at radius 3 is 2.60 bits per heavy atom. The average molecular weight is 203 g/mol. The van der Waals surface area contributed by atoms with Crippen LogP contribution in [0, 0.1) is 13.8 Å². The molecule has 1 aromatic heterocycles. The van der Waals surface area contributed by atoms with Crippen molar-refractivity contribution in [3.8, 4) is 5.75 Å². The lowest BCUT2D eigenvalue weighted by atomic mass is 10.1. The van der Waals surface area contributed by atoms with E-state index in [1.165, 1.54) is 0 Å². The highest BCUT2D eigenvalue weighted by atomic mass is 16.3. The summed E-state index contributed by atoms with van der Waals surface area (Å²) >= 11 is 0. The Balaban J connectivity index is 3.03. The minimum absolute atomic E-state index is 0.226. The molecule has 0 spiro atoms. The summed E-state index contributed by atoms with van der Waals surface area (Å²) < 4.78 is 1.84. The minimum atomic E-state index is 0.226. The highest BCUT2D eigenvalue weighted by Crippen LogP contribution is 2.31. The van der Waals surface area contributed by atoms with Gasteiger partial charge in [-0.1, -0.05) is 0 Å². The van der Waals surface area contributed by atoms with Gasteiger partial charge in [-0.25, -0.2) is 0 Å². The summed E-state index contributed by atoms with van der Waals surface area (Å²) in [5, 5.41) is 10.7. The first-order chi connectivity index (χ1) is 7.06. The molecular formula is C12H13NO2. The molecule has 0 unspecified atom stereocenters. The van der Waals surface area contributed by atoms with Crippen LogP contribution in [-0.2, 0) is 7.05 Å². The van der Waals surface area contributed by atoms with Gasteiger partial charge in [-0.2, -0.15) is 0 Å². The third-order valence-corrected chi connectivity index (χ3v) is 2.87. The van der Waals surface area contributed by atoms with Crippen LogP contribution in [0.25, 0.3) is 10.9 Å². The van der Waals surface area contributed by atoms with E-state index in [0.29, 0.717) is 5.56 Å². The van der Waals surface area contributed by atoms with E-state index in [0.717, 1.165) is 28.4 Å². The number of aromatic hydroxyl groups is 1. The van der Waals surface area contributed by atoms with Gasteiger partial charge in [0.2, 0.25) is 0 Å². The van der Waals surface area contributed by atoms with Gasteiger partial charge in [0.25, 0.3) is 0 Å². The molecule has 0 aliphatic carbocycles. The monoisotopic (exact) mass is 203 g/mol. The number of aryl methyl sites for hydroxylation is 2. The Kier molecular flexibility index (Phi) is 2.03. The van der Waals surface area contributed by atoms with Gasteiger partial charge in [0, 0.05) is 23.7 Å². The third kappa shape index (κ3) is 1.23. The third-order valence-electron chi connectivity index (χ3n) is 2.87. The van der Waals surface area contributed by atoms with Crippen molar-refractivity contribution in [2.45, 2.75) is 13.8 Å². The van der Waals surface area contributed by atoms with Crippen LogP contribution >= 0.6 is 0 Å². The SMILES string of the molecule is Cc1cc(O)c2c(c1)c(C=O)c(C)n2C. The van der Waals surface area contributed by atoms with Crippen LogP contribution in [0.2, 0.25) is 0 Å². The van der Waals surface area contributed by atoms with Gasteiger partial charge < -0.3 is 9.67 Å². The van der Waals surface area contributed by atoms with E-state index in [9.17, 15) is 9.90 Å². The molecule has 1 aromatic carbocycles. The van der Waals surface area contributed by atoms with E-state index in [-0.39, 0.29) is 5.75 Å². The summed E-state index contributed by atoms with van der Waals surface area (Å²) in [6.07, 6.45) is 0.844. The Morgan fingerprint density at radius 2 is 2.00 bits per heavy atom. The molecule has 1 N–H and O–H groups in total. The quantitative estimate of drug-likeness (QED) is 0.723. The van der Waals surface area contributed by atoms with E-state index < -0.39 is 0 Å². The number of carbonyl (C=O) groups excluding carboxylic acids is 1. The van der Waals surface area contributed by atoms with E-state index >= 15 is 0 Å². The second-order valence-corrected chi connectivity index (χ2v) is 3.86. The average Bonchev–Trinajstić information content (AvgIpc) is 2.39. The molecule has 0 amide bonds. The molecule has 0 radical (unpaired) electrons. The number of phenolic OH excluding ortho intramolecular Hbond substituents is 1. The summed E-state index contributed by atoms with van der Waals surface area (Å²) in [6, 6.07) is 3.63. The zero-order chi connectivity index (χ0) is 11.2. The van der Waals surface area contributed by atoms with Gasteiger partial charge in [-0.05, 0) is 31.5 Å². The van der Waals surface area contributed by atoms with Gasteiger partial charge in [0.1, 0.15) is 5.75 Å². The maximum absolute atomic E-state index is 11.0. The standard InChI is InChI=1S/C12H13NO2/c1-7-4-9-10(6-14)8(2)13(3)12(9)11(15)5-7/h4-6,15H,1-3H3. The fraction of sp³-hybridized carbons (Fsp3) is 0.250. The molecule has 2 aromatic rings. The van der Waals surface area contributed by atoms with E-state index in [1.54, 1.807) is 6.07 Å². The fourth-order valence-electron chi connectivity index (χ4n) is 2.01. The predicted octanol–water partition coefficient (Wildman–Crippen LogP) is 2.31. The lowest BCUT2D eigenvalue weighted by molar-refractivity contribution is 0.112. The van der Waals surface area contributed by atoms with E-state index in [2.05, 4.69) is 0 Å². The number of hydrogen-bond acceptors (Lipinski definition) is 2. The van der Waals surface area contributed by atoms with Crippen molar-refractivity contribution in [2.75, 3.05) is 0 Å². The predicted molar refractivity (Wildman–Crippen MR) is 59.4 cm³/mol. The Morgan fingerprint density at radius 1 is 1.33 bits per heavy atom. The van der Waals surface area contributed by atoms with Crippen molar-refractivity contribution in [3.63, 3.8) is 0 Å². The lowest BCUT2D eigenvalue weighted by Gasteiger charge is -2.02. The molecule has 0 saturated carbocycles. The number of carbonyl (C=O) groups is 1. The van der Waals surface area contributed by atoms with Crippen LogP contribution in [-0.4, -0.2) is 16.0 Å². The molecule has 78 valence electrons. The van der Waals surface area contributed by atoms with Gasteiger partial charge in [0.05, 0.1) is 5.52 Å². The molecular weight excluding hydrogens is 190 g/mol. The Labute approximate surface area is 87.9 Å². The largest absolute Gasteiger partial charge is 0.506 e. The topological polar surface area (TPSA) is 42.2 Å².